The summed E-state index contributed by atoms with van der Waals surface area (Å²) in [5, 5.41) is 11.8. The van der Waals surface area contributed by atoms with Crippen molar-refractivity contribution < 1.29 is 19.5 Å². The fourth-order valence-electron chi connectivity index (χ4n) is 2.54. The van der Waals surface area contributed by atoms with Gasteiger partial charge in [-0.1, -0.05) is 38.0 Å². The third-order valence-corrected chi connectivity index (χ3v) is 4.94. The van der Waals surface area contributed by atoms with Gasteiger partial charge < -0.3 is 15.3 Å². The number of carbonyl (C=O) groups is 3. The average Bonchev–Trinajstić information content (AvgIpc) is 3.08. The number of nitrogens with one attached hydrogen (secondary N) is 1. The molecule has 1 unspecified atom stereocenters. The zero-order valence-electron chi connectivity index (χ0n) is 13.6. The summed E-state index contributed by atoms with van der Waals surface area (Å²) >= 11 is 1.49. The van der Waals surface area contributed by atoms with Crippen LogP contribution in [-0.2, 0) is 9.59 Å². The van der Waals surface area contributed by atoms with Crippen LogP contribution >= 0.6 is 11.8 Å². The number of nitrogens with zero attached hydrogens (tertiary/aromatic N) is 1. The molecule has 1 aromatic carbocycles. The van der Waals surface area contributed by atoms with Crippen molar-refractivity contribution in [2.45, 2.75) is 38.3 Å². The number of benzene rings is 1. The van der Waals surface area contributed by atoms with Crippen LogP contribution in [0.1, 0.15) is 36.5 Å². The van der Waals surface area contributed by atoms with Crippen molar-refractivity contribution >= 4 is 29.5 Å². The molecule has 2 N–H and O–H groups in total. The third kappa shape index (κ3) is 4.50. The quantitative estimate of drug-likeness (QED) is 0.785. The molecule has 130 valence electrons. The van der Waals surface area contributed by atoms with Gasteiger partial charge in [-0.3, -0.25) is 9.59 Å². The van der Waals surface area contributed by atoms with Gasteiger partial charge in [0.1, 0.15) is 12.1 Å². The second-order valence-electron chi connectivity index (χ2n) is 5.70. The zero-order chi connectivity index (χ0) is 17.5. The number of hydrogen-bond donors (Lipinski definition) is 2. The summed E-state index contributed by atoms with van der Waals surface area (Å²) in [5.41, 5.74) is 0.526. The number of hydrogen-bond acceptors (Lipinski definition) is 4. The molecule has 0 bridgehead atoms. The first-order chi connectivity index (χ1) is 11.5. The Kier molecular flexibility index (Phi) is 6.66. The van der Waals surface area contributed by atoms with Gasteiger partial charge in [0.15, 0.2) is 0 Å². The lowest BCUT2D eigenvalue weighted by atomic mass is 10.1. The normalized spacial score (nSPS) is 18.2. The van der Waals surface area contributed by atoms with Crippen molar-refractivity contribution in [3.05, 3.63) is 35.9 Å². The van der Waals surface area contributed by atoms with Crippen LogP contribution in [0.5, 0.6) is 0 Å². The molecule has 0 radical (unpaired) electrons. The minimum Gasteiger partial charge on any atom is -0.480 e. The highest BCUT2D eigenvalue weighted by atomic mass is 32.2. The number of carboxylic acids is 1. The number of amides is 2. The van der Waals surface area contributed by atoms with Crippen LogP contribution in [0.25, 0.3) is 0 Å². The van der Waals surface area contributed by atoms with Crippen molar-refractivity contribution in [1.82, 2.24) is 10.2 Å². The van der Waals surface area contributed by atoms with Gasteiger partial charge in [-0.15, -0.1) is 11.8 Å². The Balaban J connectivity index is 2.04. The van der Waals surface area contributed by atoms with Gasteiger partial charge in [0.2, 0.25) is 5.91 Å². The Morgan fingerprint density at radius 1 is 1.33 bits per heavy atom. The van der Waals surface area contributed by atoms with E-state index >= 15 is 0 Å². The Morgan fingerprint density at radius 3 is 2.67 bits per heavy atom. The summed E-state index contributed by atoms with van der Waals surface area (Å²) in [6.07, 6.45) is 1.98. The maximum Gasteiger partial charge on any atom is 0.326 e. The second-order valence-corrected chi connectivity index (χ2v) is 6.70. The minimum atomic E-state index is -1.04. The summed E-state index contributed by atoms with van der Waals surface area (Å²) in [6.45, 7) is 1.97. The highest BCUT2D eigenvalue weighted by Gasteiger charge is 2.36. The SMILES string of the molecule is CCCC[C@H](NC(=O)C1CSCN1C(=O)c1ccccc1)C(=O)O. The van der Waals surface area contributed by atoms with E-state index in [0.717, 1.165) is 12.8 Å². The number of unbranched alkanes of at least 4 members (excludes halogenated alkanes) is 1. The molecule has 1 aromatic rings. The summed E-state index contributed by atoms with van der Waals surface area (Å²) < 4.78 is 0. The van der Waals surface area contributed by atoms with Crippen molar-refractivity contribution in [2.24, 2.45) is 0 Å². The van der Waals surface area contributed by atoms with Gasteiger partial charge in [0.25, 0.3) is 5.91 Å². The average molecular weight is 350 g/mol. The maximum atomic E-state index is 12.6. The second kappa shape index (κ2) is 8.73. The van der Waals surface area contributed by atoms with E-state index in [4.69, 9.17) is 0 Å². The molecule has 2 atom stereocenters. The molecular formula is C17H22N2O4S. The lowest BCUT2D eigenvalue weighted by molar-refractivity contribution is -0.142. The summed E-state index contributed by atoms with van der Waals surface area (Å²) in [6, 6.07) is 7.25. The Labute approximate surface area is 145 Å². The highest BCUT2D eigenvalue weighted by molar-refractivity contribution is 7.99. The van der Waals surface area contributed by atoms with E-state index in [0.29, 0.717) is 23.6 Å². The van der Waals surface area contributed by atoms with Gasteiger partial charge in [0.05, 0.1) is 5.88 Å². The Hall–Kier alpha value is -2.02. The monoisotopic (exact) mass is 350 g/mol. The van der Waals surface area contributed by atoms with E-state index in [-0.39, 0.29) is 5.91 Å². The fraction of sp³-hybridized carbons (Fsp3) is 0.471. The van der Waals surface area contributed by atoms with E-state index in [1.54, 1.807) is 24.3 Å². The van der Waals surface area contributed by atoms with Gasteiger partial charge in [0, 0.05) is 11.3 Å². The van der Waals surface area contributed by atoms with Crippen LogP contribution in [0.3, 0.4) is 0 Å². The number of carboxylic acid groups (broad SMARTS) is 1. The smallest absolute Gasteiger partial charge is 0.326 e. The molecule has 1 heterocycles. The van der Waals surface area contributed by atoms with Gasteiger partial charge in [-0.2, -0.15) is 0 Å². The summed E-state index contributed by atoms with van der Waals surface area (Å²) in [7, 11) is 0. The van der Waals surface area contributed by atoms with Gasteiger partial charge in [-0.25, -0.2) is 4.79 Å². The first-order valence-corrected chi connectivity index (χ1v) is 9.17. The van der Waals surface area contributed by atoms with Crippen molar-refractivity contribution in [3.63, 3.8) is 0 Å². The lowest BCUT2D eigenvalue weighted by Crippen LogP contribution is -2.51. The minimum absolute atomic E-state index is 0.207. The molecule has 1 aliphatic heterocycles. The van der Waals surface area contributed by atoms with E-state index in [1.807, 2.05) is 13.0 Å². The van der Waals surface area contributed by atoms with Crippen LogP contribution in [0.4, 0.5) is 0 Å². The molecule has 0 spiro atoms. The van der Waals surface area contributed by atoms with Gasteiger partial charge >= 0.3 is 5.97 Å². The molecule has 1 saturated heterocycles. The van der Waals surface area contributed by atoms with Gasteiger partial charge in [-0.05, 0) is 18.6 Å². The largest absolute Gasteiger partial charge is 0.480 e. The third-order valence-electron chi connectivity index (χ3n) is 3.93. The standard InChI is InChI=1S/C17H22N2O4S/c1-2-3-9-13(17(22)23)18-15(20)14-10-24-11-19(14)16(21)12-7-5-4-6-8-12/h4-8,13-14H,2-3,9-11H2,1H3,(H,18,20)(H,22,23)/t13-,14?/m0/s1. The van der Waals surface area contributed by atoms with Crippen LogP contribution in [0, 0.1) is 0 Å². The van der Waals surface area contributed by atoms with Crippen LogP contribution in [0.15, 0.2) is 30.3 Å². The molecule has 0 aromatic heterocycles. The lowest BCUT2D eigenvalue weighted by Gasteiger charge is -2.24. The molecule has 0 aliphatic carbocycles. The number of carbonyl (C=O) groups excluding carboxylic acids is 2. The zero-order valence-corrected chi connectivity index (χ0v) is 14.4. The van der Waals surface area contributed by atoms with E-state index in [1.165, 1.54) is 16.7 Å². The van der Waals surface area contributed by atoms with E-state index < -0.39 is 24.0 Å². The van der Waals surface area contributed by atoms with Crippen LogP contribution in [0.2, 0.25) is 0 Å². The Bertz CT molecular complexity index is 594. The van der Waals surface area contributed by atoms with E-state index in [2.05, 4.69) is 5.32 Å². The molecular weight excluding hydrogens is 328 g/mol. The first-order valence-electron chi connectivity index (χ1n) is 8.01. The fourth-order valence-corrected chi connectivity index (χ4v) is 3.69. The molecule has 7 heteroatoms. The number of aliphatic carboxylic acids is 1. The highest BCUT2D eigenvalue weighted by Crippen LogP contribution is 2.23. The van der Waals surface area contributed by atoms with E-state index in [9.17, 15) is 19.5 Å². The maximum absolute atomic E-state index is 12.6. The molecule has 6 nitrogen and oxygen atoms in total. The molecule has 0 saturated carbocycles. The topological polar surface area (TPSA) is 86.7 Å². The van der Waals surface area contributed by atoms with Crippen molar-refractivity contribution in [2.75, 3.05) is 11.6 Å². The summed E-state index contributed by atoms with van der Waals surface area (Å²) in [4.78, 5) is 37.9. The number of thioether (sulfide) groups is 1. The molecule has 1 aliphatic rings. The molecule has 1 fully saturated rings. The van der Waals surface area contributed by atoms with Crippen LogP contribution in [-0.4, -0.2) is 51.5 Å². The predicted octanol–water partition coefficient (Wildman–Crippen LogP) is 1.96. The molecule has 2 amide bonds. The summed E-state index contributed by atoms with van der Waals surface area (Å²) in [5.74, 6) is -0.736. The van der Waals surface area contributed by atoms with Crippen LogP contribution < -0.4 is 5.32 Å². The predicted molar refractivity (Wildman–Crippen MR) is 92.8 cm³/mol. The molecule has 24 heavy (non-hydrogen) atoms. The Morgan fingerprint density at radius 2 is 2.04 bits per heavy atom. The first kappa shape index (κ1) is 18.3. The van der Waals surface area contributed by atoms with Crippen molar-refractivity contribution in [1.29, 1.82) is 0 Å². The van der Waals surface area contributed by atoms with Crippen molar-refractivity contribution in [3.8, 4) is 0 Å². The molecule has 2 rings (SSSR count). The number of rotatable bonds is 7.